The molecule has 0 aliphatic carbocycles. The molecule has 2 aromatic carbocycles. The summed E-state index contributed by atoms with van der Waals surface area (Å²) in [5, 5.41) is 10.6. The smallest absolute Gasteiger partial charge is 0.181 e. The fourth-order valence-corrected chi connectivity index (χ4v) is 2.77. The summed E-state index contributed by atoms with van der Waals surface area (Å²) in [6.45, 7) is 2.34. The zero-order valence-electron chi connectivity index (χ0n) is 13.9. The van der Waals surface area contributed by atoms with Crippen molar-refractivity contribution in [3.05, 3.63) is 56.5 Å². The van der Waals surface area contributed by atoms with E-state index >= 15 is 0 Å². The Hall–Kier alpha value is -2.30. The minimum atomic E-state index is 0.0711. The number of nitriles is 1. The maximum atomic E-state index is 9.51. The molecule has 2 rings (SSSR count). The molecule has 0 aliphatic rings. The van der Waals surface area contributed by atoms with Gasteiger partial charge in [-0.25, -0.2) is 0 Å². The molecule has 6 heteroatoms. The molecule has 0 amide bonds. The lowest BCUT2D eigenvalue weighted by atomic mass is 10.0. The van der Waals surface area contributed by atoms with Crippen molar-refractivity contribution in [1.82, 2.24) is 0 Å². The second-order valence-corrected chi connectivity index (χ2v) is 6.28. The van der Waals surface area contributed by atoms with Crippen molar-refractivity contribution in [2.45, 2.75) is 6.92 Å². The number of hydrogen-bond donors (Lipinski definition) is 0. The molecule has 0 heterocycles. The Morgan fingerprint density at radius 1 is 1.12 bits per heavy atom. The van der Waals surface area contributed by atoms with E-state index in [0.717, 1.165) is 0 Å². The van der Waals surface area contributed by atoms with Crippen LogP contribution in [-0.2, 0) is 0 Å². The summed E-state index contributed by atoms with van der Waals surface area (Å²) in [6.07, 6.45) is 6.91. The third-order valence-corrected chi connectivity index (χ3v) is 4.31. The van der Waals surface area contributed by atoms with Crippen molar-refractivity contribution in [3.63, 3.8) is 0 Å². The van der Waals surface area contributed by atoms with E-state index in [9.17, 15) is 5.26 Å². The van der Waals surface area contributed by atoms with E-state index < -0.39 is 0 Å². The van der Waals surface area contributed by atoms with Crippen LogP contribution in [0.4, 0.5) is 0 Å². The van der Waals surface area contributed by atoms with Gasteiger partial charge in [-0.05, 0) is 48.4 Å². The summed E-state index contributed by atoms with van der Waals surface area (Å²) in [5.41, 5.74) is 1.72. The zero-order valence-corrected chi connectivity index (χ0v) is 16.1. The first-order valence-corrected chi connectivity index (χ1v) is 8.73. The standard InChI is InChI=1S/C20H14Cl3NO2/c1-3-7-26-20-18(23)9-13(10-19(20)25-4-2)8-15(12-24)14-5-6-16(21)17(22)11-14/h1,5-6,8-11H,4,7H2,2H3/b15-8-. The van der Waals surface area contributed by atoms with Crippen LogP contribution in [0.5, 0.6) is 11.5 Å². The molecule has 0 atom stereocenters. The van der Waals surface area contributed by atoms with Crippen molar-refractivity contribution in [2.75, 3.05) is 13.2 Å². The molecule has 132 valence electrons. The van der Waals surface area contributed by atoms with Gasteiger partial charge < -0.3 is 9.47 Å². The molecule has 0 N–H and O–H groups in total. The van der Waals surface area contributed by atoms with E-state index in [1.54, 1.807) is 36.4 Å². The Morgan fingerprint density at radius 2 is 1.88 bits per heavy atom. The largest absolute Gasteiger partial charge is 0.490 e. The number of nitrogens with zero attached hydrogens (tertiary/aromatic N) is 1. The van der Waals surface area contributed by atoms with E-state index in [4.69, 9.17) is 50.7 Å². The first kappa shape index (κ1) is 20.0. The number of benzene rings is 2. The van der Waals surface area contributed by atoms with Crippen LogP contribution in [0.1, 0.15) is 18.1 Å². The zero-order chi connectivity index (χ0) is 19.1. The number of ether oxygens (including phenoxy) is 2. The Balaban J connectivity index is 2.49. The quantitative estimate of drug-likeness (QED) is 0.329. The summed E-state index contributed by atoms with van der Waals surface area (Å²) < 4.78 is 11.0. The fraction of sp³-hybridized carbons (Fsp3) is 0.150. The molecule has 2 aromatic rings. The van der Waals surface area contributed by atoms with Crippen molar-refractivity contribution in [2.24, 2.45) is 0 Å². The Labute approximate surface area is 167 Å². The molecule has 0 aliphatic heterocycles. The molecular weight excluding hydrogens is 393 g/mol. The van der Waals surface area contributed by atoms with Gasteiger partial charge in [0.15, 0.2) is 11.5 Å². The maximum absolute atomic E-state index is 9.51. The summed E-state index contributed by atoms with van der Waals surface area (Å²) in [4.78, 5) is 0. The van der Waals surface area contributed by atoms with Crippen LogP contribution in [0.15, 0.2) is 30.3 Å². The predicted molar refractivity (Wildman–Crippen MR) is 107 cm³/mol. The van der Waals surface area contributed by atoms with Crippen LogP contribution in [0.2, 0.25) is 15.1 Å². The highest BCUT2D eigenvalue weighted by Crippen LogP contribution is 2.38. The van der Waals surface area contributed by atoms with Crippen molar-refractivity contribution < 1.29 is 9.47 Å². The monoisotopic (exact) mass is 405 g/mol. The molecule has 0 radical (unpaired) electrons. The van der Waals surface area contributed by atoms with Gasteiger partial charge in [-0.15, -0.1) is 6.42 Å². The lowest BCUT2D eigenvalue weighted by molar-refractivity contribution is 0.299. The van der Waals surface area contributed by atoms with Crippen molar-refractivity contribution in [1.29, 1.82) is 5.26 Å². The highest BCUT2D eigenvalue weighted by atomic mass is 35.5. The SMILES string of the molecule is C#CCOc1c(Cl)cc(/C=C(/C#N)c2ccc(Cl)c(Cl)c2)cc1OCC. The van der Waals surface area contributed by atoms with Crippen LogP contribution in [0.3, 0.4) is 0 Å². The lowest BCUT2D eigenvalue weighted by Gasteiger charge is -2.13. The van der Waals surface area contributed by atoms with Crippen LogP contribution in [0.25, 0.3) is 11.6 Å². The summed E-state index contributed by atoms with van der Waals surface area (Å²) >= 11 is 18.3. The lowest BCUT2D eigenvalue weighted by Crippen LogP contribution is -2.00. The number of allylic oxidation sites excluding steroid dienone is 1. The van der Waals surface area contributed by atoms with Gasteiger partial charge in [-0.1, -0.05) is 46.8 Å². The minimum absolute atomic E-state index is 0.0711. The molecular formula is C20H14Cl3NO2. The van der Waals surface area contributed by atoms with E-state index in [1.807, 2.05) is 6.92 Å². The molecule has 0 aromatic heterocycles. The maximum Gasteiger partial charge on any atom is 0.181 e. The molecule has 0 saturated carbocycles. The van der Waals surface area contributed by atoms with E-state index in [2.05, 4.69) is 12.0 Å². The minimum Gasteiger partial charge on any atom is -0.490 e. The van der Waals surface area contributed by atoms with Gasteiger partial charge in [0.05, 0.1) is 33.3 Å². The van der Waals surface area contributed by atoms with Crippen molar-refractivity contribution in [3.8, 4) is 29.9 Å². The first-order chi connectivity index (χ1) is 12.5. The van der Waals surface area contributed by atoms with Gasteiger partial charge in [0.2, 0.25) is 0 Å². The summed E-state index contributed by atoms with van der Waals surface area (Å²) in [6, 6.07) is 10.5. The van der Waals surface area contributed by atoms with Gasteiger partial charge in [0.25, 0.3) is 0 Å². The average Bonchev–Trinajstić information content (AvgIpc) is 2.61. The van der Waals surface area contributed by atoms with Crippen LogP contribution in [-0.4, -0.2) is 13.2 Å². The fourth-order valence-electron chi connectivity index (χ4n) is 2.20. The highest BCUT2D eigenvalue weighted by Gasteiger charge is 2.13. The first-order valence-electron chi connectivity index (χ1n) is 7.60. The second kappa shape index (κ2) is 9.41. The molecule has 0 fully saturated rings. The van der Waals surface area contributed by atoms with Crippen LogP contribution in [0, 0.1) is 23.7 Å². The topological polar surface area (TPSA) is 42.2 Å². The van der Waals surface area contributed by atoms with Gasteiger partial charge in [-0.2, -0.15) is 5.26 Å². The Morgan fingerprint density at radius 3 is 2.50 bits per heavy atom. The number of rotatable bonds is 6. The Kier molecular flexibility index (Phi) is 7.25. The van der Waals surface area contributed by atoms with Gasteiger partial charge in [0, 0.05) is 0 Å². The van der Waals surface area contributed by atoms with Gasteiger partial charge in [-0.3, -0.25) is 0 Å². The average molecular weight is 407 g/mol. The molecule has 0 bridgehead atoms. The Bertz CT molecular complexity index is 924. The molecule has 0 saturated heterocycles. The molecule has 0 unspecified atom stereocenters. The number of terminal acetylenes is 1. The van der Waals surface area contributed by atoms with Crippen LogP contribution < -0.4 is 9.47 Å². The predicted octanol–water partition coefficient (Wildman–Crippen LogP) is 6.12. The number of halogens is 3. The van der Waals surface area contributed by atoms with Crippen molar-refractivity contribution >= 4 is 46.5 Å². The summed E-state index contributed by atoms with van der Waals surface area (Å²) in [7, 11) is 0. The van der Waals surface area contributed by atoms with E-state index in [0.29, 0.717) is 49.9 Å². The van der Waals surface area contributed by atoms with Crippen LogP contribution >= 0.6 is 34.8 Å². The summed E-state index contributed by atoms with van der Waals surface area (Å²) in [5.74, 6) is 3.21. The second-order valence-electron chi connectivity index (χ2n) is 5.05. The normalized spacial score (nSPS) is 10.8. The van der Waals surface area contributed by atoms with E-state index in [-0.39, 0.29) is 6.61 Å². The molecule has 0 spiro atoms. The third-order valence-electron chi connectivity index (χ3n) is 3.29. The molecule has 26 heavy (non-hydrogen) atoms. The van der Waals surface area contributed by atoms with Gasteiger partial charge >= 0.3 is 0 Å². The third kappa shape index (κ3) is 4.87. The van der Waals surface area contributed by atoms with Gasteiger partial charge in [0.1, 0.15) is 6.61 Å². The molecule has 3 nitrogen and oxygen atoms in total. The highest BCUT2D eigenvalue weighted by molar-refractivity contribution is 6.42. The van der Waals surface area contributed by atoms with E-state index in [1.165, 1.54) is 0 Å². The number of hydrogen-bond acceptors (Lipinski definition) is 3.